The van der Waals surface area contributed by atoms with Crippen molar-refractivity contribution in [1.29, 1.82) is 0 Å². The van der Waals surface area contributed by atoms with E-state index < -0.39 is 17.2 Å². The lowest BCUT2D eigenvalue weighted by molar-refractivity contribution is 0.439. The van der Waals surface area contributed by atoms with Crippen molar-refractivity contribution in [2.75, 3.05) is 0 Å². The van der Waals surface area contributed by atoms with E-state index in [1.807, 2.05) is 0 Å². The Morgan fingerprint density at radius 1 is 1.12 bits per heavy atom. The van der Waals surface area contributed by atoms with E-state index in [1.165, 1.54) is 26.5 Å². The highest BCUT2D eigenvalue weighted by Gasteiger charge is 2.18. The first-order valence-electron chi connectivity index (χ1n) is 7.14. The maximum atomic E-state index is 14.5. The van der Waals surface area contributed by atoms with Crippen LogP contribution in [-0.4, -0.2) is 23.7 Å². The number of nitrogens with zero attached hydrogens (tertiary/aromatic N) is 5. The van der Waals surface area contributed by atoms with Gasteiger partial charge in [-0.15, -0.1) is 0 Å². The minimum Gasteiger partial charge on any atom is -0.423 e. The first kappa shape index (κ1) is 18.0. The van der Waals surface area contributed by atoms with Gasteiger partial charge in [-0.1, -0.05) is 11.6 Å². The molecule has 0 unspecified atom stereocenters. The van der Waals surface area contributed by atoms with Gasteiger partial charge in [0.15, 0.2) is 10.5 Å². The fraction of sp³-hybridized carbons (Fsp3) is 0.133. The van der Waals surface area contributed by atoms with E-state index in [-0.39, 0.29) is 27.2 Å². The first-order valence-corrected chi connectivity index (χ1v) is 7.93. The van der Waals surface area contributed by atoms with Crippen LogP contribution in [0.4, 0.5) is 4.39 Å². The molecule has 0 spiro atoms. The summed E-state index contributed by atoms with van der Waals surface area (Å²) in [5.74, 6) is -0.902. The number of benzene rings is 1. The van der Waals surface area contributed by atoms with Gasteiger partial charge in [0.25, 0.3) is 0 Å². The zero-order valence-corrected chi connectivity index (χ0v) is 15.1. The molecule has 0 radical (unpaired) electrons. The Hall–Kier alpha value is -2.85. The predicted octanol–water partition coefficient (Wildman–Crippen LogP) is 1.98. The van der Waals surface area contributed by atoms with Gasteiger partial charge in [-0.2, -0.15) is 0 Å². The molecule has 1 aromatic carbocycles. The van der Waals surface area contributed by atoms with Crippen LogP contribution in [0, 0.1) is 10.6 Å². The van der Waals surface area contributed by atoms with Crippen molar-refractivity contribution in [3.8, 4) is 17.4 Å². The van der Waals surface area contributed by atoms with Crippen molar-refractivity contribution in [2.24, 2.45) is 14.1 Å². The standard InChI is InChI=1S/C15H11ClFN5O3S/c1-20-13(23)22(14(24)21(2)15(20)26)10-7-11(8(16)6-9(10)17)25-12-18-4-3-5-19-12/h3-7H,1-2H3. The Kier molecular flexibility index (Phi) is 4.70. The average Bonchev–Trinajstić information content (AvgIpc) is 2.63. The summed E-state index contributed by atoms with van der Waals surface area (Å²) < 4.78 is 22.6. The summed E-state index contributed by atoms with van der Waals surface area (Å²) in [7, 11) is 2.76. The van der Waals surface area contributed by atoms with Gasteiger partial charge in [0.2, 0.25) is 0 Å². The van der Waals surface area contributed by atoms with E-state index in [4.69, 9.17) is 28.6 Å². The van der Waals surface area contributed by atoms with Crippen molar-refractivity contribution in [2.45, 2.75) is 0 Å². The topological polar surface area (TPSA) is 83.9 Å². The summed E-state index contributed by atoms with van der Waals surface area (Å²) in [6.45, 7) is 0. The van der Waals surface area contributed by atoms with E-state index in [9.17, 15) is 14.0 Å². The molecule has 0 aliphatic carbocycles. The van der Waals surface area contributed by atoms with Gasteiger partial charge in [0.1, 0.15) is 5.82 Å². The lowest BCUT2D eigenvalue weighted by Crippen LogP contribution is -2.43. The molecule has 2 aromatic heterocycles. The Morgan fingerprint density at radius 2 is 1.69 bits per heavy atom. The van der Waals surface area contributed by atoms with Crippen molar-refractivity contribution in [3.63, 3.8) is 0 Å². The number of halogens is 2. The Labute approximate surface area is 155 Å². The van der Waals surface area contributed by atoms with E-state index in [0.29, 0.717) is 4.57 Å². The van der Waals surface area contributed by atoms with Gasteiger partial charge in [0.05, 0.1) is 10.7 Å². The fourth-order valence-corrected chi connectivity index (χ4v) is 2.53. The van der Waals surface area contributed by atoms with Crippen molar-refractivity contribution >= 4 is 23.8 Å². The molecule has 3 rings (SSSR count). The molecule has 0 amide bonds. The van der Waals surface area contributed by atoms with Crippen LogP contribution in [0.25, 0.3) is 5.69 Å². The van der Waals surface area contributed by atoms with E-state index in [2.05, 4.69) is 9.97 Å². The molecule has 0 bridgehead atoms. The van der Waals surface area contributed by atoms with Crippen LogP contribution in [-0.2, 0) is 14.1 Å². The lowest BCUT2D eigenvalue weighted by Gasteiger charge is -2.13. The highest BCUT2D eigenvalue weighted by atomic mass is 35.5. The normalized spacial score (nSPS) is 10.8. The molecule has 0 aliphatic rings. The monoisotopic (exact) mass is 395 g/mol. The van der Waals surface area contributed by atoms with Crippen molar-refractivity contribution in [1.82, 2.24) is 23.7 Å². The predicted molar refractivity (Wildman–Crippen MR) is 94.2 cm³/mol. The molecule has 134 valence electrons. The quantitative estimate of drug-likeness (QED) is 0.630. The third-order valence-electron chi connectivity index (χ3n) is 3.52. The molecule has 11 heteroatoms. The smallest absolute Gasteiger partial charge is 0.338 e. The van der Waals surface area contributed by atoms with Gasteiger partial charge in [-0.3, -0.25) is 9.13 Å². The average molecular weight is 396 g/mol. The molecule has 0 N–H and O–H groups in total. The zero-order valence-electron chi connectivity index (χ0n) is 13.5. The molecule has 0 aliphatic heterocycles. The van der Waals surface area contributed by atoms with Crippen molar-refractivity contribution in [3.05, 3.63) is 67.2 Å². The minimum atomic E-state index is -0.882. The minimum absolute atomic E-state index is 0.000203. The molecular weight excluding hydrogens is 385 g/mol. The summed E-state index contributed by atoms with van der Waals surface area (Å²) in [5, 5.41) is -0.0761. The van der Waals surface area contributed by atoms with Gasteiger partial charge < -0.3 is 4.74 Å². The number of rotatable bonds is 3. The van der Waals surface area contributed by atoms with Crippen LogP contribution in [0.5, 0.6) is 11.8 Å². The largest absolute Gasteiger partial charge is 0.423 e. The van der Waals surface area contributed by atoms with Crippen LogP contribution >= 0.6 is 23.8 Å². The second-order valence-electron chi connectivity index (χ2n) is 5.17. The molecule has 2 heterocycles. The van der Waals surface area contributed by atoms with Crippen LogP contribution in [0.2, 0.25) is 5.02 Å². The molecule has 0 saturated heterocycles. The van der Waals surface area contributed by atoms with E-state index in [1.54, 1.807) is 6.07 Å². The molecule has 0 atom stereocenters. The summed E-state index contributed by atoms with van der Waals surface area (Å²) in [5.41, 5.74) is -1.95. The maximum Gasteiger partial charge on any atom is 0.338 e. The van der Waals surface area contributed by atoms with Crippen LogP contribution in [0.1, 0.15) is 0 Å². The van der Waals surface area contributed by atoms with E-state index in [0.717, 1.165) is 21.3 Å². The summed E-state index contributed by atoms with van der Waals surface area (Å²) in [4.78, 5) is 32.7. The maximum absolute atomic E-state index is 14.5. The van der Waals surface area contributed by atoms with Crippen LogP contribution in [0.3, 0.4) is 0 Å². The molecule has 8 nitrogen and oxygen atoms in total. The van der Waals surface area contributed by atoms with Crippen LogP contribution in [0.15, 0.2) is 40.2 Å². The third-order valence-corrected chi connectivity index (χ3v) is 4.36. The number of hydrogen-bond donors (Lipinski definition) is 0. The Bertz CT molecular complexity index is 1130. The van der Waals surface area contributed by atoms with Gasteiger partial charge in [-0.25, -0.2) is 28.5 Å². The number of hydrogen-bond acceptors (Lipinski definition) is 6. The lowest BCUT2D eigenvalue weighted by atomic mass is 10.3. The second-order valence-corrected chi connectivity index (χ2v) is 5.94. The SMILES string of the molecule is Cn1c(=S)n(C)c(=O)n(-c2cc(Oc3ncccn3)c(Cl)cc2F)c1=O. The summed E-state index contributed by atoms with van der Waals surface area (Å²) in [6.07, 6.45) is 2.90. The van der Waals surface area contributed by atoms with Gasteiger partial charge in [0, 0.05) is 32.6 Å². The molecule has 26 heavy (non-hydrogen) atoms. The summed E-state index contributed by atoms with van der Waals surface area (Å²) >= 11 is 11.0. The second kappa shape index (κ2) is 6.81. The van der Waals surface area contributed by atoms with Crippen LogP contribution < -0.4 is 16.1 Å². The molecule has 0 fully saturated rings. The summed E-state index contributed by atoms with van der Waals surface area (Å²) in [6, 6.07) is 3.62. The third kappa shape index (κ3) is 3.04. The Morgan fingerprint density at radius 3 is 2.27 bits per heavy atom. The molecule has 3 aromatic rings. The number of aromatic nitrogens is 5. The highest BCUT2D eigenvalue weighted by molar-refractivity contribution is 7.71. The van der Waals surface area contributed by atoms with Gasteiger partial charge >= 0.3 is 17.4 Å². The fourth-order valence-electron chi connectivity index (χ4n) is 2.18. The zero-order chi connectivity index (χ0) is 19.0. The highest BCUT2D eigenvalue weighted by Crippen LogP contribution is 2.31. The Balaban J connectivity index is 2.25. The first-order chi connectivity index (χ1) is 12.3. The molecular formula is C15H11ClFN5O3S. The van der Waals surface area contributed by atoms with E-state index >= 15 is 0 Å². The van der Waals surface area contributed by atoms with Crippen molar-refractivity contribution < 1.29 is 9.13 Å². The number of ether oxygens (including phenoxy) is 1. The molecule has 0 saturated carbocycles. The van der Waals surface area contributed by atoms with Gasteiger partial charge in [-0.05, 0) is 24.4 Å².